The van der Waals surface area contributed by atoms with Crippen molar-refractivity contribution in [2.45, 2.75) is 84.6 Å². The average Bonchev–Trinajstić information content (AvgIpc) is 2.35. The SMILES string of the molecule is CCCCCCCCCC([SiH](OC)OC)C(C)(C)C. The summed E-state index contributed by atoms with van der Waals surface area (Å²) < 4.78 is 11.2. The minimum atomic E-state index is -1.50. The molecule has 116 valence electrons. The summed E-state index contributed by atoms with van der Waals surface area (Å²) in [7, 11) is 2.12. The molecule has 0 saturated carbocycles. The lowest BCUT2D eigenvalue weighted by Gasteiger charge is -2.34. The van der Waals surface area contributed by atoms with Crippen LogP contribution in [0.3, 0.4) is 0 Å². The maximum absolute atomic E-state index is 5.61. The summed E-state index contributed by atoms with van der Waals surface area (Å²) in [5, 5.41) is 0. The van der Waals surface area contributed by atoms with Crippen LogP contribution in [-0.4, -0.2) is 23.5 Å². The van der Waals surface area contributed by atoms with Crippen molar-refractivity contribution in [3.63, 3.8) is 0 Å². The molecule has 0 fully saturated rings. The van der Waals surface area contributed by atoms with Gasteiger partial charge in [-0.3, -0.25) is 0 Å². The second kappa shape index (κ2) is 10.9. The van der Waals surface area contributed by atoms with Crippen molar-refractivity contribution in [1.29, 1.82) is 0 Å². The van der Waals surface area contributed by atoms with Gasteiger partial charge in [0.1, 0.15) is 0 Å². The smallest absolute Gasteiger partial charge is 0.324 e. The molecule has 2 nitrogen and oxygen atoms in total. The van der Waals surface area contributed by atoms with E-state index in [1.807, 2.05) is 14.2 Å². The zero-order valence-electron chi connectivity index (χ0n) is 14.1. The molecule has 0 aromatic heterocycles. The highest BCUT2D eigenvalue weighted by Gasteiger charge is 2.34. The second-order valence-corrected chi connectivity index (χ2v) is 9.21. The molecule has 0 bridgehead atoms. The van der Waals surface area contributed by atoms with E-state index in [9.17, 15) is 0 Å². The molecule has 0 saturated heterocycles. The molecule has 0 amide bonds. The van der Waals surface area contributed by atoms with Crippen molar-refractivity contribution in [3.8, 4) is 0 Å². The molecule has 1 unspecified atom stereocenters. The first-order valence-electron chi connectivity index (χ1n) is 8.03. The van der Waals surface area contributed by atoms with E-state index >= 15 is 0 Å². The number of rotatable bonds is 11. The molecule has 0 aliphatic heterocycles. The monoisotopic (exact) mass is 288 g/mol. The largest absolute Gasteiger partial charge is 0.400 e. The van der Waals surface area contributed by atoms with Gasteiger partial charge >= 0.3 is 9.28 Å². The topological polar surface area (TPSA) is 18.5 Å². The van der Waals surface area contributed by atoms with Crippen LogP contribution < -0.4 is 0 Å². The van der Waals surface area contributed by atoms with Gasteiger partial charge in [-0.05, 0) is 11.8 Å². The first-order chi connectivity index (χ1) is 8.97. The molecule has 1 atom stereocenters. The summed E-state index contributed by atoms with van der Waals surface area (Å²) in [5.41, 5.74) is 0.906. The second-order valence-electron chi connectivity index (χ2n) is 6.72. The summed E-state index contributed by atoms with van der Waals surface area (Å²) in [5.74, 6) is 0. The molecule has 3 heteroatoms. The van der Waals surface area contributed by atoms with Crippen molar-refractivity contribution in [2.24, 2.45) is 5.41 Å². The van der Waals surface area contributed by atoms with E-state index in [-0.39, 0.29) is 0 Å². The predicted molar refractivity (Wildman–Crippen MR) is 87.0 cm³/mol. The predicted octanol–water partition coefficient (Wildman–Crippen LogP) is 5.06. The van der Waals surface area contributed by atoms with Gasteiger partial charge in [0.2, 0.25) is 0 Å². The van der Waals surface area contributed by atoms with Crippen molar-refractivity contribution in [2.75, 3.05) is 14.2 Å². The molecule has 0 N–H and O–H groups in total. The van der Waals surface area contributed by atoms with Gasteiger partial charge in [-0.25, -0.2) is 0 Å². The van der Waals surface area contributed by atoms with E-state index in [1.54, 1.807) is 0 Å². The Morgan fingerprint density at radius 3 is 1.74 bits per heavy atom. The zero-order valence-corrected chi connectivity index (χ0v) is 15.3. The van der Waals surface area contributed by atoms with E-state index in [0.29, 0.717) is 11.0 Å². The van der Waals surface area contributed by atoms with Crippen LogP contribution in [0.25, 0.3) is 0 Å². The van der Waals surface area contributed by atoms with Crippen LogP contribution in [0.5, 0.6) is 0 Å². The van der Waals surface area contributed by atoms with Crippen molar-refractivity contribution in [1.82, 2.24) is 0 Å². The highest BCUT2D eigenvalue weighted by atomic mass is 28.3. The molecule has 0 aliphatic rings. The summed E-state index contributed by atoms with van der Waals surface area (Å²) in [6.45, 7) is 9.22. The summed E-state index contributed by atoms with van der Waals surface area (Å²) in [4.78, 5) is 0. The van der Waals surface area contributed by atoms with Gasteiger partial charge in [0, 0.05) is 19.8 Å². The Kier molecular flexibility index (Phi) is 10.9. The molecular weight excluding hydrogens is 252 g/mol. The Hall–Kier alpha value is 0.137. The number of unbranched alkanes of at least 4 members (excludes halogenated alkanes) is 6. The van der Waals surface area contributed by atoms with E-state index in [2.05, 4.69) is 27.7 Å². The zero-order chi connectivity index (χ0) is 14.7. The van der Waals surface area contributed by atoms with Gasteiger partial charge in [0.25, 0.3) is 0 Å². The maximum atomic E-state index is 5.61. The number of hydrogen-bond acceptors (Lipinski definition) is 2. The third-order valence-corrected chi connectivity index (χ3v) is 6.94. The van der Waals surface area contributed by atoms with Gasteiger partial charge in [0.05, 0.1) is 0 Å². The van der Waals surface area contributed by atoms with Gasteiger partial charge < -0.3 is 8.85 Å². The van der Waals surface area contributed by atoms with Crippen molar-refractivity contribution < 1.29 is 8.85 Å². The van der Waals surface area contributed by atoms with Crippen LogP contribution in [0.1, 0.15) is 79.1 Å². The van der Waals surface area contributed by atoms with Crippen LogP contribution >= 0.6 is 0 Å². The normalized spacial score (nSPS) is 14.1. The molecule has 0 spiro atoms. The lowest BCUT2D eigenvalue weighted by atomic mass is 9.88. The minimum Gasteiger partial charge on any atom is -0.400 e. The van der Waals surface area contributed by atoms with Gasteiger partial charge in [-0.1, -0.05) is 72.6 Å². The maximum Gasteiger partial charge on any atom is 0.324 e. The van der Waals surface area contributed by atoms with E-state index in [1.165, 1.54) is 51.4 Å². The highest BCUT2D eigenvalue weighted by molar-refractivity contribution is 6.46. The molecule has 19 heavy (non-hydrogen) atoms. The van der Waals surface area contributed by atoms with Crippen LogP contribution in [0, 0.1) is 5.41 Å². The van der Waals surface area contributed by atoms with Crippen molar-refractivity contribution in [3.05, 3.63) is 0 Å². The third kappa shape index (κ3) is 8.82. The molecular formula is C16H36O2Si. The molecule has 0 rings (SSSR count). The fourth-order valence-electron chi connectivity index (χ4n) is 2.72. The standard InChI is InChI=1S/C16H36O2Si/c1-7-8-9-10-11-12-13-14-15(16(2,3)4)19(17-5)18-6/h15,19H,7-14H2,1-6H3. The highest BCUT2D eigenvalue weighted by Crippen LogP contribution is 2.38. The van der Waals surface area contributed by atoms with Crippen LogP contribution in [0.15, 0.2) is 0 Å². The summed E-state index contributed by atoms with van der Waals surface area (Å²) in [6, 6.07) is 0. The Labute approximate surface area is 123 Å². The quantitative estimate of drug-likeness (QED) is 0.391. The Balaban J connectivity index is 3.94. The minimum absolute atomic E-state index is 0.297. The summed E-state index contributed by atoms with van der Waals surface area (Å²) >= 11 is 0. The van der Waals surface area contributed by atoms with Crippen LogP contribution in [0.2, 0.25) is 5.54 Å². The van der Waals surface area contributed by atoms with Crippen molar-refractivity contribution >= 4 is 9.28 Å². The van der Waals surface area contributed by atoms with Crippen LogP contribution in [0.4, 0.5) is 0 Å². The molecule has 0 heterocycles. The van der Waals surface area contributed by atoms with Gasteiger partial charge in [0.15, 0.2) is 0 Å². The summed E-state index contributed by atoms with van der Waals surface area (Å²) in [6.07, 6.45) is 10.9. The lowest BCUT2D eigenvalue weighted by molar-refractivity contribution is 0.220. The first kappa shape index (κ1) is 19.1. The number of hydrogen-bond donors (Lipinski definition) is 0. The third-order valence-electron chi connectivity index (χ3n) is 4.02. The Bertz CT molecular complexity index is 197. The average molecular weight is 289 g/mol. The molecule has 0 aromatic carbocycles. The fourth-order valence-corrected chi connectivity index (χ4v) is 4.90. The Morgan fingerprint density at radius 1 is 0.842 bits per heavy atom. The fraction of sp³-hybridized carbons (Fsp3) is 1.00. The van der Waals surface area contributed by atoms with E-state index < -0.39 is 9.28 Å². The lowest BCUT2D eigenvalue weighted by Crippen LogP contribution is -2.34. The Morgan fingerprint density at radius 2 is 1.32 bits per heavy atom. The molecule has 0 aliphatic carbocycles. The van der Waals surface area contributed by atoms with Crippen LogP contribution in [-0.2, 0) is 8.85 Å². The van der Waals surface area contributed by atoms with E-state index in [4.69, 9.17) is 8.85 Å². The van der Waals surface area contributed by atoms with E-state index in [0.717, 1.165) is 0 Å². The molecule has 0 radical (unpaired) electrons. The first-order valence-corrected chi connectivity index (χ1v) is 9.63. The van der Waals surface area contributed by atoms with Gasteiger partial charge in [-0.2, -0.15) is 0 Å². The molecule has 0 aromatic rings. The van der Waals surface area contributed by atoms with Gasteiger partial charge in [-0.15, -0.1) is 0 Å².